The van der Waals surface area contributed by atoms with E-state index in [-0.39, 0.29) is 22.3 Å². The highest BCUT2D eigenvalue weighted by Crippen LogP contribution is 2.35. The topological polar surface area (TPSA) is 52.4 Å². The Morgan fingerprint density at radius 3 is 2.58 bits per heavy atom. The van der Waals surface area contributed by atoms with Gasteiger partial charge in [0.1, 0.15) is 5.75 Å². The van der Waals surface area contributed by atoms with Gasteiger partial charge in [-0.2, -0.15) is 0 Å². The number of nitrogens with zero attached hydrogens (tertiary/aromatic N) is 1. The van der Waals surface area contributed by atoms with Crippen LogP contribution in [-0.4, -0.2) is 4.92 Å². The van der Waals surface area contributed by atoms with E-state index in [2.05, 4.69) is 0 Å². The SMILES string of the molecule is O=[N+]([O-])c1cc(Cl)ccc1Oc1ccccc1CCl. The van der Waals surface area contributed by atoms with Gasteiger partial charge in [-0.25, -0.2) is 0 Å². The predicted octanol–water partition coefficient (Wildman–Crippen LogP) is 4.78. The molecule has 0 atom stereocenters. The maximum absolute atomic E-state index is 11.0. The summed E-state index contributed by atoms with van der Waals surface area (Å²) in [5, 5.41) is 11.2. The van der Waals surface area contributed by atoms with Crippen LogP contribution >= 0.6 is 23.2 Å². The maximum atomic E-state index is 11.0. The molecule has 0 fully saturated rings. The van der Waals surface area contributed by atoms with E-state index in [0.29, 0.717) is 5.75 Å². The molecule has 4 nitrogen and oxygen atoms in total. The summed E-state index contributed by atoms with van der Waals surface area (Å²) in [7, 11) is 0. The Balaban J connectivity index is 2.41. The number of hydrogen-bond acceptors (Lipinski definition) is 3. The highest BCUT2D eigenvalue weighted by Gasteiger charge is 2.17. The summed E-state index contributed by atoms with van der Waals surface area (Å²) in [5.74, 6) is 0.882. The number of halogens is 2. The van der Waals surface area contributed by atoms with Gasteiger partial charge >= 0.3 is 5.69 Å². The molecule has 19 heavy (non-hydrogen) atoms. The molecule has 2 aromatic rings. The Kier molecular flexibility index (Phi) is 4.24. The molecule has 0 aliphatic heterocycles. The average Bonchev–Trinajstić information content (AvgIpc) is 2.41. The number of hydrogen-bond donors (Lipinski definition) is 0. The van der Waals surface area contributed by atoms with Gasteiger partial charge in [0, 0.05) is 16.7 Å². The van der Waals surface area contributed by atoms with Gasteiger partial charge < -0.3 is 4.74 Å². The summed E-state index contributed by atoms with van der Waals surface area (Å²) in [6, 6.07) is 11.3. The van der Waals surface area contributed by atoms with Crippen LogP contribution in [0, 0.1) is 10.1 Å². The summed E-state index contributed by atoms with van der Waals surface area (Å²) in [5.41, 5.74) is 0.574. The van der Waals surface area contributed by atoms with Crippen molar-refractivity contribution in [1.29, 1.82) is 0 Å². The highest BCUT2D eigenvalue weighted by atomic mass is 35.5. The second-order valence-corrected chi connectivity index (χ2v) is 4.42. The van der Waals surface area contributed by atoms with Crippen LogP contribution in [0.15, 0.2) is 42.5 Å². The molecule has 0 bridgehead atoms. The first-order chi connectivity index (χ1) is 9.11. The van der Waals surface area contributed by atoms with E-state index in [4.69, 9.17) is 27.9 Å². The van der Waals surface area contributed by atoms with Gasteiger partial charge in [-0.05, 0) is 18.2 Å². The van der Waals surface area contributed by atoms with E-state index in [0.717, 1.165) is 5.56 Å². The third-order valence-electron chi connectivity index (χ3n) is 2.45. The molecular formula is C13H9Cl2NO3. The summed E-state index contributed by atoms with van der Waals surface area (Å²) in [4.78, 5) is 10.4. The molecular weight excluding hydrogens is 289 g/mol. The largest absolute Gasteiger partial charge is 0.450 e. The Bertz CT molecular complexity index is 617. The molecule has 2 aromatic carbocycles. The zero-order chi connectivity index (χ0) is 13.8. The number of nitro benzene ring substituents is 1. The van der Waals surface area contributed by atoms with Gasteiger partial charge in [0.05, 0.1) is 10.8 Å². The molecule has 0 heterocycles. The van der Waals surface area contributed by atoms with Crippen LogP contribution in [0.25, 0.3) is 0 Å². The average molecular weight is 298 g/mol. The molecule has 0 aromatic heterocycles. The van der Waals surface area contributed by atoms with E-state index in [1.165, 1.54) is 18.2 Å². The molecule has 2 rings (SSSR count). The Labute approximate surface area is 119 Å². The fourth-order valence-corrected chi connectivity index (χ4v) is 1.94. The monoisotopic (exact) mass is 297 g/mol. The molecule has 0 aliphatic carbocycles. The van der Waals surface area contributed by atoms with Crippen LogP contribution < -0.4 is 4.74 Å². The Morgan fingerprint density at radius 1 is 1.16 bits per heavy atom. The number of nitro groups is 1. The summed E-state index contributed by atoms with van der Waals surface area (Å²) in [6.07, 6.45) is 0. The van der Waals surface area contributed by atoms with Crippen molar-refractivity contribution in [2.24, 2.45) is 0 Å². The molecule has 0 spiro atoms. The van der Waals surface area contributed by atoms with Gasteiger partial charge in [0.2, 0.25) is 5.75 Å². The van der Waals surface area contributed by atoms with Gasteiger partial charge in [0.15, 0.2) is 0 Å². The first-order valence-corrected chi connectivity index (χ1v) is 6.28. The number of benzene rings is 2. The van der Waals surface area contributed by atoms with E-state index < -0.39 is 4.92 Å². The molecule has 0 N–H and O–H groups in total. The molecule has 0 unspecified atom stereocenters. The molecule has 98 valence electrons. The van der Waals surface area contributed by atoms with Gasteiger partial charge in [0.25, 0.3) is 0 Å². The minimum atomic E-state index is -0.537. The number of alkyl halides is 1. The predicted molar refractivity (Wildman–Crippen MR) is 74.2 cm³/mol. The van der Waals surface area contributed by atoms with E-state index in [9.17, 15) is 10.1 Å². The third kappa shape index (κ3) is 3.16. The summed E-state index contributed by atoms with van der Waals surface area (Å²) in [6.45, 7) is 0. The first-order valence-electron chi connectivity index (χ1n) is 5.37. The van der Waals surface area contributed by atoms with Crippen LogP contribution in [-0.2, 0) is 5.88 Å². The summed E-state index contributed by atoms with van der Waals surface area (Å²) < 4.78 is 5.56. The molecule has 0 saturated heterocycles. The van der Waals surface area contributed by atoms with Crippen LogP contribution in [0.3, 0.4) is 0 Å². The maximum Gasteiger partial charge on any atom is 0.313 e. The Hall–Kier alpha value is -1.78. The van der Waals surface area contributed by atoms with Crippen molar-refractivity contribution < 1.29 is 9.66 Å². The van der Waals surface area contributed by atoms with Crippen molar-refractivity contribution in [3.05, 3.63) is 63.2 Å². The van der Waals surface area contributed by atoms with Gasteiger partial charge in [-0.15, -0.1) is 11.6 Å². The van der Waals surface area contributed by atoms with Crippen molar-refractivity contribution in [2.45, 2.75) is 5.88 Å². The van der Waals surface area contributed by atoms with Gasteiger partial charge in [-0.3, -0.25) is 10.1 Å². The smallest absolute Gasteiger partial charge is 0.313 e. The van der Waals surface area contributed by atoms with Crippen molar-refractivity contribution in [2.75, 3.05) is 0 Å². The number of rotatable bonds is 4. The molecule has 6 heteroatoms. The van der Waals surface area contributed by atoms with Crippen molar-refractivity contribution in [3.8, 4) is 11.5 Å². The molecule has 0 aliphatic rings. The fourth-order valence-electron chi connectivity index (χ4n) is 1.55. The fraction of sp³-hybridized carbons (Fsp3) is 0.0769. The standard InChI is InChI=1S/C13H9Cl2NO3/c14-8-9-3-1-2-4-12(9)19-13-6-5-10(15)7-11(13)16(17)18/h1-7H,8H2. The van der Waals surface area contributed by atoms with E-state index >= 15 is 0 Å². The van der Waals surface area contributed by atoms with Crippen LogP contribution in [0.4, 0.5) is 5.69 Å². The lowest BCUT2D eigenvalue weighted by Crippen LogP contribution is -1.95. The number of ether oxygens (including phenoxy) is 1. The quantitative estimate of drug-likeness (QED) is 0.463. The first kappa shape index (κ1) is 13.6. The van der Waals surface area contributed by atoms with Crippen LogP contribution in [0.5, 0.6) is 11.5 Å². The molecule has 0 saturated carbocycles. The minimum Gasteiger partial charge on any atom is -0.450 e. The molecule has 0 radical (unpaired) electrons. The zero-order valence-electron chi connectivity index (χ0n) is 9.68. The van der Waals surface area contributed by atoms with Crippen molar-refractivity contribution in [1.82, 2.24) is 0 Å². The van der Waals surface area contributed by atoms with Crippen molar-refractivity contribution >= 4 is 28.9 Å². The van der Waals surface area contributed by atoms with Gasteiger partial charge in [-0.1, -0.05) is 29.8 Å². The second kappa shape index (κ2) is 5.91. The van der Waals surface area contributed by atoms with Crippen LogP contribution in [0.1, 0.15) is 5.56 Å². The van der Waals surface area contributed by atoms with E-state index in [1.54, 1.807) is 18.2 Å². The Morgan fingerprint density at radius 2 is 1.89 bits per heavy atom. The van der Waals surface area contributed by atoms with Crippen molar-refractivity contribution in [3.63, 3.8) is 0 Å². The normalized spacial score (nSPS) is 10.2. The van der Waals surface area contributed by atoms with Crippen LogP contribution in [0.2, 0.25) is 5.02 Å². The van der Waals surface area contributed by atoms with E-state index in [1.807, 2.05) is 6.07 Å². The second-order valence-electron chi connectivity index (χ2n) is 3.71. The summed E-state index contributed by atoms with van der Waals surface area (Å²) >= 11 is 11.5. The lowest BCUT2D eigenvalue weighted by atomic mass is 10.2. The third-order valence-corrected chi connectivity index (χ3v) is 2.98. The minimum absolute atomic E-state index is 0.131. The number of para-hydroxylation sites is 1. The lowest BCUT2D eigenvalue weighted by molar-refractivity contribution is -0.385. The zero-order valence-corrected chi connectivity index (χ0v) is 11.2. The highest BCUT2D eigenvalue weighted by molar-refractivity contribution is 6.30. The lowest BCUT2D eigenvalue weighted by Gasteiger charge is -2.09. The molecule has 0 amide bonds.